The maximum Gasteiger partial charge on any atom is 0.229 e. The van der Waals surface area contributed by atoms with Gasteiger partial charge in [-0.05, 0) is 79.0 Å². The van der Waals surface area contributed by atoms with E-state index < -0.39 is 17.2 Å². The van der Waals surface area contributed by atoms with Crippen LogP contribution in [0.5, 0.6) is 0 Å². The number of hydrogen-bond donors (Lipinski definition) is 3. The molecular formula is C32H37F2N7O2. The summed E-state index contributed by atoms with van der Waals surface area (Å²) < 4.78 is 38.3. The van der Waals surface area contributed by atoms with Gasteiger partial charge in [-0.1, -0.05) is 19.8 Å². The number of amides is 1. The minimum Gasteiger partial charge on any atom is -0.374 e. The van der Waals surface area contributed by atoms with Gasteiger partial charge in [-0.3, -0.25) is 9.78 Å². The van der Waals surface area contributed by atoms with E-state index in [9.17, 15) is 4.79 Å². The molecule has 0 aliphatic heterocycles. The monoisotopic (exact) mass is 589 g/mol. The second kappa shape index (κ2) is 11.6. The summed E-state index contributed by atoms with van der Waals surface area (Å²) in [4.78, 5) is 20.5. The van der Waals surface area contributed by atoms with Crippen LogP contribution in [0.1, 0.15) is 69.4 Å². The van der Waals surface area contributed by atoms with Crippen LogP contribution in [0.25, 0.3) is 16.8 Å². The summed E-state index contributed by atoms with van der Waals surface area (Å²) >= 11 is 0. The molecule has 0 bridgehead atoms. The van der Waals surface area contributed by atoms with E-state index in [2.05, 4.69) is 32.6 Å². The standard InChI is InChI=1S/C32H37F2N7O2/c1-18-12-20(13-26(35)30(18)38-19(2)42)23-8-11-36-17-28(23)39-31-37-16-22-6-7-27(40-41(22)31)29-24(33)14-21(15-25(29)34)32(43-3)9-4-5-10-32/h6-8,11,14-18,20,26,30H,4-5,9-10,12-13,35H2,1-3H3,(H,37,39)(H,38,42)/t18-,20+,26+,30-/m0/s1. The molecule has 1 aromatic carbocycles. The summed E-state index contributed by atoms with van der Waals surface area (Å²) in [5, 5.41) is 10.9. The van der Waals surface area contributed by atoms with E-state index in [0.717, 1.165) is 43.4 Å². The fourth-order valence-electron chi connectivity index (χ4n) is 7.05. The average Bonchev–Trinajstić information content (AvgIpc) is 3.63. The van der Waals surface area contributed by atoms with Crippen molar-refractivity contribution in [1.82, 2.24) is 24.9 Å². The predicted octanol–water partition coefficient (Wildman–Crippen LogP) is 5.57. The number of carbonyl (C=O) groups is 1. The van der Waals surface area contributed by atoms with Gasteiger partial charge in [0.1, 0.15) is 11.6 Å². The minimum absolute atomic E-state index is 0.0843. The Kier molecular flexibility index (Phi) is 7.87. The van der Waals surface area contributed by atoms with Crippen LogP contribution in [0, 0.1) is 17.6 Å². The zero-order valence-corrected chi connectivity index (χ0v) is 24.6. The van der Waals surface area contributed by atoms with Crippen LogP contribution in [-0.2, 0) is 15.1 Å². The molecule has 4 atom stereocenters. The molecule has 226 valence electrons. The molecule has 3 aromatic heterocycles. The molecule has 43 heavy (non-hydrogen) atoms. The fourth-order valence-corrected chi connectivity index (χ4v) is 7.05. The quantitative estimate of drug-likeness (QED) is 0.258. The SMILES string of the molecule is COC1(c2cc(F)c(-c3ccc4cnc(Nc5cnccc5[C@H]5C[C@@H](N)[C@@H](NC(C)=O)[C@@H](C)C5)n4n3)c(F)c2)CCCC1. The Morgan fingerprint density at radius 1 is 1.12 bits per heavy atom. The van der Waals surface area contributed by atoms with Gasteiger partial charge in [0.2, 0.25) is 11.9 Å². The topological polar surface area (TPSA) is 119 Å². The lowest BCUT2D eigenvalue weighted by Crippen LogP contribution is -2.54. The molecule has 0 radical (unpaired) electrons. The molecule has 9 nitrogen and oxygen atoms in total. The molecule has 0 unspecified atom stereocenters. The van der Waals surface area contributed by atoms with Gasteiger partial charge in [0.05, 0.1) is 40.5 Å². The Balaban J connectivity index is 1.30. The van der Waals surface area contributed by atoms with Gasteiger partial charge >= 0.3 is 0 Å². The molecule has 4 N–H and O–H groups in total. The number of nitrogens with two attached hydrogens (primary N) is 1. The van der Waals surface area contributed by atoms with Crippen molar-refractivity contribution < 1.29 is 18.3 Å². The summed E-state index contributed by atoms with van der Waals surface area (Å²) in [5.74, 6) is -0.758. The van der Waals surface area contributed by atoms with Crippen LogP contribution in [0.15, 0.2) is 48.9 Å². The minimum atomic E-state index is -0.685. The number of nitrogens with one attached hydrogen (secondary N) is 2. The largest absolute Gasteiger partial charge is 0.374 e. The molecule has 2 aliphatic rings. The van der Waals surface area contributed by atoms with Crippen molar-refractivity contribution in [3.05, 3.63) is 71.7 Å². The lowest BCUT2D eigenvalue weighted by molar-refractivity contribution is -0.120. The van der Waals surface area contributed by atoms with Gasteiger partial charge in [0, 0.05) is 32.3 Å². The molecule has 3 heterocycles. The molecule has 0 saturated heterocycles. The summed E-state index contributed by atoms with van der Waals surface area (Å²) in [6, 6.07) is 7.76. The number of rotatable bonds is 7. The number of carbonyl (C=O) groups excluding carboxylic acids is 1. The molecule has 6 rings (SSSR count). The number of ether oxygens (including phenoxy) is 1. The first-order chi connectivity index (χ1) is 20.7. The number of nitrogens with zero attached hydrogens (tertiary/aromatic N) is 4. The van der Waals surface area contributed by atoms with Gasteiger partial charge in [0.25, 0.3) is 0 Å². The average molecular weight is 590 g/mol. The highest BCUT2D eigenvalue weighted by molar-refractivity contribution is 5.73. The Morgan fingerprint density at radius 3 is 2.53 bits per heavy atom. The number of aromatic nitrogens is 4. The van der Waals surface area contributed by atoms with Crippen molar-refractivity contribution in [2.75, 3.05) is 12.4 Å². The van der Waals surface area contributed by atoms with E-state index in [-0.39, 0.29) is 41.1 Å². The van der Waals surface area contributed by atoms with Crippen molar-refractivity contribution in [3.63, 3.8) is 0 Å². The third kappa shape index (κ3) is 5.47. The van der Waals surface area contributed by atoms with Gasteiger partial charge in [-0.15, -0.1) is 0 Å². The Bertz CT molecular complexity index is 1620. The van der Waals surface area contributed by atoms with E-state index in [1.807, 2.05) is 6.07 Å². The number of halogens is 2. The van der Waals surface area contributed by atoms with Crippen molar-refractivity contribution in [1.29, 1.82) is 0 Å². The van der Waals surface area contributed by atoms with E-state index >= 15 is 8.78 Å². The Morgan fingerprint density at radius 2 is 1.86 bits per heavy atom. The van der Waals surface area contributed by atoms with Gasteiger partial charge < -0.3 is 21.1 Å². The van der Waals surface area contributed by atoms with Crippen LogP contribution < -0.4 is 16.4 Å². The molecule has 2 fully saturated rings. The van der Waals surface area contributed by atoms with Gasteiger partial charge in [-0.25, -0.2) is 13.8 Å². The zero-order valence-electron chi connectivity index (χ0n) is 24.6. The van der Waals surface area contributed by atoms with Crippen LogP contribution in [0.2, 0.25) is 0 Å². The lowest BCUT2D eigenvalue weighted by Gasteiger charge is -2.39. The summed E-state index contributed by atoms with van der Waals surface area (Å²) in [7, 11) is 1.59. The van der Waals surface area contributed by atoms with Gasteiger partial charge in [-0.2, -0.15) is 9.61 Å². The van der Waals surface area contributed by atoms with E-state index in [1.165, 1.54) is 23.6 Å². The molecule has 11 heteroatoms. The predicted molar refractivity (Wildman–Crippen MR) is 160 cm³/mol. The van der Waals surface area contributed by atoms with Crippen molar-refractivity contribution in [2.24, 2.45) is 11.7 Å². The highest BCUT2D eigenvalue weighted by atomic mass is 19.1. The van der Waals surface area contributed by atoms with Gasteiger partial charge in [0.15, 0.2) is 0 Å². The molecular weight excluding hydrogens is 552 g/mol. The summed E-state index contributed by atoms with van der Waals surface area (Å²) in [6.07, 6.45) is 10.0. The Hall–Kier alpha value is -3.96. The van der Waals surface area contributed by atoms with Crippen LogP contribution >= 0.6 is 0 Å². The maximum atomic E-state index is 15.5. The van der Waals surface area contributed by atoms with Crippen molar-refractivity contribution in [3.8, 4) is 11.3 Å². The molecule has 2 saturated carbocycles. The number of fused-ring (bicyclic) bond motifs is 1. The molecule has 2 aliphatic carbocycles. The molecule has 4 aromatic rings. The number of methoxy groups -OCH3 is 1. The normalized spacial score (nSPS) is 23.4. The third-order valence-electron chi connectivity index (χ3n) is 9.21. The van der Waals surface area contributed by atoms with Crippen molar-refractivity contribution >= 4 is 23.1 Å². The lowest BCUT2D eigenvalue weighted by atomic mass is 9.73. The first-order valence-corrected chi connectivity index (χ1v) is 14.8. The zero-order chi connectivity index (χ0) is 30.3. The Labute approximate surface area is 249 Å². The number of benzene rings is 1. The number of pyridine rings is 1. The van der Waals surface area contributed by atoms with Crippen LogP contribution in [0.4, 0.5) is 20.4 Å². The summed E-state index contributed by atoms with van der Waals surface area (Å²) in [6.45, 7) is 3.61. The van der Waals surface area contributed by atoms with Crippen LogP contribution in [0.3, 0.4) is 0 Å². The summed E-state index contributed by atoms with van der Waals surface area (Å²) in [5.41, 5.74) is 8.75. The number of anilines is 2. The highest BCUT2D eigenvalue weighted by Gasteiger charge is 2.37. The molecule has 1 amide bonds. The third-order valence-corrected chi connectivity index (χ3v) is 9.21. The van der Waals surface area contributed by atoms with E-state index in [0.29, 0.717) is 23.4 Å². The highest BCUT2D eigenvalue weighted by Crippen LogP contribution is 2.43. The van der Waals surface area contributed by atoms with Crippen molar-refractivity contribution in [2.45, 2.75) is 76.0 Å². The van der Waals surface area contributed by atoms with E-state index in [4.69, 9.17) is 10.5 Å². The second-order valence-corrected chi connectivity index (χ2v) is 12.0. The first-order valence-electron chi connectivity index (χ1n) is 14.8. The fraction of sp³-hybridized carbons (Fsp3) is 0.438. The maximum absolute atomic E-state index is 15.5. The smallest absolute Gasteiger partial charge is 0.229 e. The molecule has 0 spiro atoms. The van der Waals surface area contributed by atoms with E-state index in [1.54, 1.807) is 37.8 Å². The second-order valence-electron chi connectivity index (χ2n) is 12.0. The number of imidazole rings is 1. The number of hydrogen-bond acceptors (Lipinski definition) is 7. The van der Waals surface area contributed by atoms with Crippen LogP contribution in [-0.4, -0.2) is 44.7 Å². The first kappa shape index (κ1) is 29.1.